The first-order valence-electron chi connectivity index (χ1n) is 5.73. The Morgan fingerprint density at radius 3 is 2.69 bits per heavy atom. The van der Waals surface area contributed by atoms with Crippen molar-refractivity contribution in [2.75, 3.05) is 13.1 Å². The second-order valence-corrected chi connectivity index (χ2v) is 4.58. The molecule has 3 atom stereocenters. The average molecular weight is 228 g/mol. The van der Waals surface area contributed by atoms with Gasteiger partial charge in [-0.3, -0.25) is 9.59 Å². The molecule has 1 aliphatic heterocycles. The molecule has 0 aromatic rings. The molecule has 3 unspecified atom stereocenters. The van der Waals surface area contributed by atoms with Crippen molar-refractivity contribution in [1.82, 2.24) is 10.6 Å². The van der Waals surface area contributed by atoms with Gasteiger partial charge in [0, 0.05) is 19.0 Å². The minimum Gasteiger partial charge on any atom is -0.481 e. The molecule has 16 heavy (non-hydrogen) atoms. The first-order valence-corrected chi connectivity index (χ1v) is 5.73. The van der Waals surface area contributed by atoms with E-state index in [9.17, 15) is 9.59 Å². The number of amides is 1. The molecule has 0 spiro atoms. The topological polar surface area (TPSA) is 78.4 Å². The highest BCUT2D eigenvalue weighted by molar-refractivity contribution is 5.79. The van der Waals surface area contributed by atoms with Gasteiger partial charge in [-0.15, -0.1) is 0 Å². The van der Waals surface area contributed by atoms with E-state index >= 15 is 0 Å². The summed E-state index contributed by atoms with van der Waals surface area (Å²) < 4.78 is 0. The van der Waals surface area contributed by atoms with Crippen molar-refractivity contribution in [1.29, 1.82) is 0 Å². The quantitative estimate of drug-likeness (QED) is 0.628. The Morgan fingerprint density at radius 1 is 1.50 bits per heavy atom. The smallest absolute Gasteiger partial charge is 0.303 e. The van der Waals surface area contributed by atoms with Crippen LogP contribution >= 0.6 is 0 Å². The molecule has 1 aliphatic rings. The predicted octanol–water partition coefficient (Wildman–Crippen LogP) is 0.211. The van der Waals surface area contributed by atoms with Gasteiger partial charge in [0.05, 0.1) is 5.92 Å². The maximum atomic E-state index is 11.8. The molecule has 1 fully saturated rings. The molecule has 0 bridgehead atoms. The number of carboxylic acids is 1. The number of hydrogen-bond donors (Lipinski definition) is 3. The van der Waals surface area contributed by atoms with Gasteiger partial charge < -0.3 is 15.7 Å². The summed E-state index contributed by atoms with van der Waals surface area (Å²) in [6, 6.07) is -0.0728. The summed E-state index contributed by atoms with van der Waals surface area (Å²) in [7, 11) is 0. The number of hydrogen-bond acceptors (Lipinski definition) is 3. The highest BCUT2D eigenvalue weighted by Gasteiger charge is 2.29. The first-order chi connectivity index (χ1) is 7.50. The minimum atomic E-state index is -0.822. The van der Waals surface area contributed by atoms with E-state index in [1.807, 2.05) is 13.8 Å². The van der Waals surface area contributed by atoms with Crippen LogP contribution in [0.4, 0.5) is 0 Å². The van der Waals surface area contributed by atoms with Crippen molar-refractivity contribution in [3.63, 3.8) is 0 Å². The maximum Gasteiger partial charge on any atom is 0.303 e. The number of nitrogens with one attached hydrogen (secondary N) is 2. The van der Waals surface area contributed by atoms with Crippen molar-refractivity contribution in [2.45, 2.75) is 32.7 Å². The normalized spacial score (nSPS) is 26.4. The highest BCUT2D eigenvalue weighted by atomic mass is 16.4. The SMILES string of the molecule is CC(CCC(=O)O)NC(=O)C1CNCC1C. The average Bonchev–Trinajstić information content (AvgIpc) is 2.61. The van der Waals surface area contributed by atoms with Crippen molar-refractivity contribution >= 4 is 11.9 Å². The zero-order valence-corrected chi connectivity index (χ0v) is 9.82. The van der Waals surface area contributed by atoms with Crippen LogP contribution in [0.3, 0.4) is 0 Å². The molecule has 0 aromatic heterocycles. The van der Waals surface area contributed by atoms with Crippen molar-refractivity contribution in [3.05, 3.63) is 0 Å². The number of carboxylic acid groups (broad SMARTS) is 1. The lowest BCUT2D eigenvalue weighted by Gasteiger charge is -2.18. The van der Waals surface area contributed by atoms with E-state index in [0.717, 1.165) is 13.1 Å². The van der Waals surface area contributed by atoms with Crippen LogP contribution in [0.2, 0.25) is 0 Å². The summed E-state index contributed by atoms with van der Waals surface area (Å²) in [6.07, 6.45) is 0.579. The Labute approximate surface area is 95.6 Å². The Bertz CT molecular complexity index is 268. The van der Waals surface area contributed by atoms with Crippen LogP contribution in [-0.2, 0) is 9.59 Å². The third-order valence-electron chi connectivity index (χ3n) is 3.03. The molecule has 0 radical (unpaired) electrons. The number of carbonyl (C=O) groups excluding carboxylic acids is 1. The molecule has 5 nitrogen and oxygen atoms in total. The summed E-state index contributed by atoms with van der Waals surface area (Å²) in [5, 5.41) is 14.6. The molecule has 92 valence electrons. The van der Waals surface area contributed by atoms with Crippen LogP contribution < -0.4 is 10.6 Å². The van der Waals surface area contributed by atoms with Gasteiger partial charge in [0.1, 0.15) is 0 Å². The Kier molecular flexibility index (Phi) is 4.73. The fourth-order valence-corrected chi connectivity index (χ4v) is 1.92. The summed E-state index contributed by atoms with van der Waals surface area (Å²) >= 11 is 0. The van der Waals surface area contributed by atoms with Gasteiger partial charge >= 0.3 is 5.97 Å². The van der Waals surface area contributed by atoms with E-state index < -0.39 is 5.97 Å². The largest absolute Gasteiger partial charge is 0.481 e. The highest BCUT2D eigenvalue weighted by Crippen LogP contribution is 2.16. The van der Waals surface area contributed by atoms with Gasteiger partial charge in [0.2, 0.25) is 5.91 Å². The molecule has 1 rings (SSSR count). The zero-order valence-electron chi connectivity index (χ0n) is 9.82. The van der Waals surface area contributed by atoms with E-state index in [1.165, 1.54) is 0 Å². The Balaban J connectivity index is 2.30. The number of rotatable bonds is 5. The van der Waals surface area contributed by atoms with E-state index in [1.54, 1.807) is 0 Å². The van der Waals surface area contributed by atoms with Gasteiger partial charge in [-0.1, -0.05) is 6.92 Å². The second kappa shape index (κ2) is 5.84. The van der Waals surface area contributed by atoms with Gasteiger partial charge in [-0.25, -0.2) is 0 Å². The molecule has 3 N–H and O–H groups in total. The summed E-state index contributed by atoms with van der Waals surface area (Å²) in [5.74, 6) is -0.411. The molecule has 0 aromatic carbocycles. The zero-order chi connectivity index (χ0) is 12.1. The van der Waals surface area contributed by atoms with Crippen molar-refractivity contribution < 1.29 is 14.7 Å². The lowest BCUT2D eigenvalue weighted by Crippen LogP contribution is -2.39. The van der Waals surface area contributed by atoms with Crippen molar-refractivity contribution in [3.8, 4) is 0 Å². The van der Waals surface area contributed by atoms with Gasteiger partial charge in [-0.05, 0) is 25.8 Å². The summed E-state index contributed by atoms with van der Waals surface area (Å²) in [4.78, 5) is 22.2. The van der Waals surface area contributed by atoms with Crippen LogP contribution in [0.15, 0.2) is 0 Å². The Morgan fingerprint density at radius 2 is 2.19 bits per heavy atom. The van der Waals surface area contributed by atoms with Gasteiger partial charge in [0.15, 0.2) is 0 Å². The fourth-order valence-electron chi connectivity index (χ4n) is 1.92. The van der Waals surface area contributed by atoms with E-state index in [4.69, 9.17) is 5.11 Å². The lowest BCUT2D eigenvalue weighted by molar-refractivity contribution is -0.137. The summed E-state index contributed by atoms with van der Waals surface area (Å²) in [6.45, 7) is 5.49. The number of carbonyl (C=O) groups is 2. The molecular formula is C11H20N2O3. The predicted molar refractivity (Wildman–Crippen MR) is 60.0 cm³/mol. The molecule has 0 aliphatic carbocycles. The van der Waals surface area contributed by atoms with Crippen molar-refractivity contribution in [2.24, 2.45) is 11.8 Å². The molecule has 0 saturated carbocycles. The number of aliphatic carboxylic acids is 1. The molecule has 1 saturated heterocycles. The maximum absolute atomic E-state index is 11.8. The van der Waals surface area contributed by atoms with E-state index in [2.05, 4.69) is 10.6 Å². The fraction of sp³-hybridized carbons (Fsp3) is 0.818. The second-order valence-electron chi connectivity index (χ2n) is 4.58. The Hall–Kier alpha value is -1.10. The third kappa shape index (κ3) is 3.81. The standard InChI is InChI=1S/C11H20N2O3/c1-7-5-12-6-9(7)11(16)13-8(2)3-4-10(14)15/h7-9,12H,3-6H2,1-2H3,(H,13,16)(H,14,15). The molecule has 5 heteroatoms. The lowest BCUT2D eigenvalue weighted by atomic mass is 9.97. The monoisotopic (exact) mass is 228 g/mol. The van der Waals surface area contributed by atoms with Gasteiger partial charge in [-0.2, -0.15) is 0 Å². The van der Waals surface area contributed by atoms with Crippen LogP contribution in [0.1, 0.15) is 26.7 Å². The van der Waals surface area contributed by atoms with Crippen LogP contribution in [-0.4, -0.2) is 36.1 Å². The third-order valence-corrected chi connectivity index (χ3v) is 3.03. The van der Waals surface area contributed by atoms with Crippen LogP contribution in [0, 0.1) is 11.8 Å². The van der Waals surface area contributed by atoms with E-state index in [0.29, 0.717) is 12.3 Å². The minimum absolute atomic E-state index is 0.0206. The molecule has 1 heterocycles. The van der Waals surface area contributed by atoms with E-state index in [-0.39, 0.29) is 24.3 Å². The van der Waals surface area contributed by atoms with Crippen LogP contribution in [0.5, 0.6) is 0 Å². The summed E-state index contributed by atoms with van der Waals surface area (Å²) in [5.41, 5.74) is 0. The first kappa shape index (κ1) is 13.0. The molecule has 1 amide bonds. The van der Waals surface area contributed by atoms with Gasteiger partial charge in [0.25, 0.3) is 0 Å². The molecular weight excluding hydrogens is 208 g/mol. The van der Waals surface area contributed by atoms with Crippen LogP contribution in [0.25, 0.3) is 0 Å².